The van der Waals surface area contributed by atoms with Gasteiger partial charge in [0, 0.05) is 10.9 Å². The Morgan fingerprint density at radius 3 is 2.61 bits per heavy atom. The van der Waals surface area contributed by atoms with E-state index in [9.17, 15) is 4.79 Å². The fourth-order valence-corrected chi connectivity index (χ4v) is 2.77. The number of nitrogens with one attached hydrogen (secondary N) is 1. The normalized spacial score (nSPS) is 13.9. The molecule has 4 rings (SSSR count). The quantitative estimate of drug-likeness (QED) is 0.601. The third kappa shape index (κ3) is 1.15. The van der Waals surface area contributed by atoms with Crippen LogP contribution in [-0.4, -0.2) is 12.3 Å². The Morgan fingerprint density at radius 1 is 0.833 bits per heavy atom. The zero-order chi connectivity index (χ0) is 12.1. The van der Waals surface area contributed by atoms with Crippen LogP contribution < -0.4 is 5.32 Å². The number of fused-ring (bicyclic) bond motifs is 5. The van der Waals surface area contributed by atoms with Gasteiger partial charge in [-0.2, -0.15) is 0 Å². The van der Waals surface area contributed by atoms with Gasteiger partial charge in [-0.05, 0) is 22.2 Å². The van der Waals surface area contributed by atoms with Crippen LogP contribution in [0.2, 0.25) is 0 Å². The molecule has 1 heterocycles. The summed E-state index contributed by atoms with van der Waals surface area (Å²) in [6, 6.07) is 16.5. The van der Waals surface area contributed by atoms with Gasteiger partial charge in [0.2, 0.25) is 0 Å². The lowest BCUT2D eigenvalue weighted by atomic mass is 9.98. The summed E-state index contributed by atoms with van der Waals surface area (Å²) in [5, 5.41) is 8.01. The maximum Gasteiger partial charge on any atom is 0.183 e. The van der Waals surface area contributed by atoms with Gasteiger partial charge in [0.15, 0.2) is 5.78 Å². The average Bonchev–Trinajstić information content (AvgIpc) is 2.80. The van der Waals surface area contributed by atoms with Crippen LogP contribution in [0.3, 0.4) is 0 Å². The maximum atomic E-state index is 11.7. The fourth-order valence-electron chi connectivity index (χ4n) is 2.77. The molecule has 3 aromatic carbocycles. The molecule has 0 aliphatic carbocycles. The summed E-state index contributed by atoms with van der Waals surface area (Å²) in [5.41, 5.74) is 1.81. The largest absolute Gasteiger partial charge is 0.376 e. The highest BCUT2D eigenvalue weighted by Crippen LogP contribution is 2.35. The summed E-state index contributed by atoms with van der Waals surface area (Å²) in [4.78, 5) is 11.7. The molecule has 0 saturated heterocycles. The molecule has 1 aliphatic heterocycles. The standard InChI is InChI=1S/C16H11NO/c18-15-9-17-16-13-6-5-10-3-1-2-4-11(10)12(13)7-8-14(15)16/h1-8,17H,9H2. The molecule has 0 spiro atoms. The van der Waals surface area contributed by atoms with Crippen molar-refractivity contribution in [2.75, 3.05) is 11.9 Å². The molecule has 0 saturated carbocycles. The molecule has 0 fully saturated rings. The lowest BCUT2D eigenvalue weighted by Crippen LogP contribution is -2.00. The van der Waals surface area contributed by atoms with E-state index in [1.54, 1.807) is 0 Å². The van der Waals surface area contributed by atoms with E-state index < -0.39 is 0 Å². The third-order valence-corrected chi connectivity index (χ3v) is 3.65. The van der Waals surface area contributed by atoms with Crippen LogP contribution in [0.4, 0.5) is 5.69 Å². The maximum absolute atomic E-state index is 11.7. The van der Waals surface area contributed by atoms with Crippen molar-refractivity contribution >= 4 is 33.0 Å². The number of rotatable bonds is 0. The predicted octanol–water partition coefficient (Wildman–Crippen LogP) is 3.60. The second-order valence-corrected chi connectivity index (χ2v) is 4.65. The molecule has 3 aromatic rings. The van der Waals surface area contributed by atoms with Crippen molar-refractivity contribution < 1.29 is 4.79 Å². The predicted molar refractivity (Wildman–Crippen MR) is 74.3 cm³/mol. The Morgan fingerprint density at radius 2 is 1.67 bits per heavy atom. The number of anilines is 1. The molecule has 2 nitrogen and oxygen atoms in total. The number of ketones is 1. The highest BCUT2D eigenvalue weighted by molar-refractivity contribution is 6.19. The molecule has 0 aromatic heterocycles. The van der Waals surface area contributed by atoms with Crippen molar-refractivity contribution in [2.45, 2.75) is 0 Å². The fraction of sp³-hybridized carbons (Fsp3) is 0.0625. The summed E-state index contributed by atoms with van der Waals surface area (Å²) in [6.45, 7) is 0.418. The second-order valence-electron chi connectivity index (χ2n) is 4.65. The molecule has 86 valence electrons. The zero-order valence-corrected chi connectivity index (χ0v) is 9.73. The van der Waals surface area contributed by atoms with Gasteiger partial charge in [-0.1, -0.05) is 42.5 Å². The minimum atomic E-state index is 0.181. The highest BCUT2D eigenvalue weighted by atomic mass is 16.1. The monoisotopic (exact) mass is 233 g/mol. The molecule has 0 amide bonds. The molecule has 1 N–H and O–H groups in total. The third-order valence-electron chi connectivity index (χ3n) is 3.65. The zero-order valence-electron chi connectivity index (χ0n) is 9.73. The van der Waals surface area contributed by atoms with E-state index in [2.05, 4.69) is 35.6 Å². The molecule has 0 atom stereocenters. The van der Waals surface area contributed by atoms with E-state index in [0.29, 0.717) is 6.54 Å². The van der Waals surface area contributed by atoms with E-state index in [4.69, 9.17) is 0 Å². The Bertz CT molecular complexity index is 805. The van der Waals surface area contributed by atoms with Crippen LogP contribution in [0.5, 0.6) is 0 Å². The van der Waals surface area contributed by atoms with Gasteiger partial charge in [0.05, 0.1) is 12.2 Å². The number of hydrogen-bond acceptors (Lipinski definition) is 2. The van der Waals surface area contributed by atoms with Crippen LogP contribution in [0.1, 0.15) is 10.4 Å². The Kier molecular flexibility index (Phi) is 1.78. The van der Waals surface area contributed by atoms with Gasteiger partial charge in [0.25, 0.3) is 0 Å². The number of carbonyl (C=O) groups is 1. The van der Waals surface area contributed by atoms with Crippen LogP contribution in [-0.2, 0) is 0 Å². The van der Waals surface area contributed by atoms with Gasteiger partial charge in [-0.3, -0.25) is 4.79 Å². The molecule has 18 heavy (non-hydrogen) atoms. The van der Waals surface area contributed by atoms with Gasteiger partial charge < -0.3 is 5.32 Å². The Balaban J connectivity index is 2.20. The number of hydrogen-bond donors (Lipinski definition) is 1. The van der Waals surface area contributed by atoms with Crippen molar-refractivity contribution in [2.24, 2.45) is 0 Å². The van der Waals surface area contributed by atoms with Crippen LogP contribution in [0.25, 0.3) is 21.5 Å². The molecule has 2 heteroatoms. The first-order valence-electron chi connectivity index (χ1n) is 6.06. The van der Waals surface area contributed by atoms with Crippen molar-refractivity contribution in [3.05, 3.63) is 54.1 Å². The molecule has 1 aliphatic rings. The highest BCUT2D eigenvalue weighted by Gasteiger charge is 2.20. The number of benzene rings is 3. The molecular weight excluding hydrogens is 222 g/mol. The van der Waals surface area contributed by atoms with E-state index in [-0.39, 0.29) is 5.78 Å². The minimum Gasteiger partial charge on any atom is -0.376 e. The molecular formula is C16H11NO. The van der Waals surface area contributed by atoms with Crippen molar-refractivity contribution in [1.29, 1.82) is 0 Å². The summed E-state index contributed by atoms with van der Waals surface area (Å²) in [6.07, 6.45) is 0. The van der Waals surface area contributed by atoms with Crippen LogP contribution >= 0.6 is 0 Å². The Hall–Kier alpha value is -2.35. The summed E-state index contributed by atoms with van der Waals surface area (Å²) < 4.78 is 0. The van der Waals surface area contributed by atoms with Gasteiger partial charge in [-0.15, -0.1) is 0 Å². The molecule has 0 bridgehead atoms. The Labute approximate surface area is 104 Å². The minimum absolute atomic E-state index is 0.181. The van der Waals surface area contributed by atoms with E-state index in [1.807, 2.05) is 18.2 Å². The second kappa shape index (κ2) is 3.33. The average molecular weight is 233 g/mol. The van der Waals surface area contributed by atoms with Crippen LogP contribution in [0, 0.1) is 0 Å². The number of carbonyl (C=O) groups excluding carboxylic acids is 1. The topological polar surface area (TPSA) is 29.1 Å². The first-order chi connectivity index (χ1) is 8.84. The van der Waals surface area contributed by atoms with Crippen molar-refractivity contribution in [3.8, 4) is 0 Å². The SMILES string of the molecule is O=C1CNc2c1ccc1c2ccc2ccccc21. The lowest BCUT2D eigenvalue weighted by Gasteiger charge is -2.08. The van der Waals surface area contributed by atoms with Crippen LogP contribution in [0.15, 0.2) is 48.5 Å². The van der Waals surface area contributed by atoms with Gasteiger partial charge in [-0.25, -0.2) is 0 Å². The smallest absolute Gasteiger partial charge is 0.183 e. The van der Waals surface area contributed by atoms with E-state index in [0.717, 1.165) is 16.6 Å². The summed E-state index contributed by atoms with van der Waals surface area (Å²) >= 11 is 0. The van der Waals surface area contributed by atoms with Crippen molar-refractivity contribution in [1.82, 2.24) is 0 Å². The molecule has 0 unspecified atom stereocenters. The van der Waals surface area contributed by atoms with E-state index in [1.165, 1.54) is 16.2 Å². The first-order valence-corrected chi connectivity index (χ1v) is 6.06. The lowest BCUT2D eigenvalue weighted by molar-refractivity contribution is 0.101. The molecule has 0 radical (unpaired) electrons. The first kappa shape index (κ1) is 9.66. The summed E-state index contributed by atoms with van der Waals surface area (Å²) in [5.74, 6) is 0.181. The van der Waals surface area contributed by atoms with Crippen molar-refractivity contribution in [3.63, 3.8) is 0 Å². The van der Waals surface area contributed by atoms with Gasteiger partial charge >= 0.3 is 0 Å². The van der Waals surface area contributed by atoms with E-state index >= 15 is 0 Å². The van der Waals surface area contributed by atoms with Gasteiger partial charge in [0.1, 0.15) is 0 Å². The number of Topliss-reactive ketones (excluding diaryl/α,β-unsaturated/α-hetero) is 1. The summed E-state index contributed by atoms with van der Waals surface area (Å²) in [7, 11) is 0.